The van der Waals surface area contributed by atoms with E-state index in [-0.39, 0.29) is 5.97 Å². The second-order valence-electron chi connectivity index (χ2n) is 6.11. The minimum Gasteiger partial charge on any atom is -0.462 e. The summed E-state index contributed by atoms with van der Waals surface area (Å²) in [6.07, 6.45) is 4.03. The number of rotatable bonds is 7. The Kier molecular flexibility index (Phi) is 5.91. The van der Waals surface area contributed by atoms with Crippen LogP contribution in [0.4, 0.5) is 5.69 Å². The van der Waals surface area contributed by atoms with Gasteiger partial charge in [-0.25, -0.2) is 13.9 Å². The van der Waals surface area contributed by atoms with Crippen LogP contribution in [0.25, 0.3) is 17.1 Å². The zero-order chi connectivity index (χ0) is 19.2. The van der Waals surface area contributed by atoms with E-state index in [1.54, 1.807) is 0 Å². The highest BCUT2D eigenvalue weighted by molar-refractivity contribution is 5.93. The Morgan fingerprint density at radius 3 is 2.59 bits per heavy atom. The third kappa shape index (κ3) is 3.87. The van der Waals surface area contributed by atoms with Gasteiger partial charge in [-0.1, -0.05) is 18.2 Å². The summed E-state index contributed by atoms with van der Waals surface area (Å²) in [7, 11) is 0. The predicted octanol–water partition coefficient (Wildman–Crippen LogP) is 4.23. The lowest BCUT2D eigenvalue weighted by Gasteiger charge is -2.01. The molecule has 1 N–H and O–H groups in total. The van der Waals surface area contributed by atoms with Crippen molar-refractivity contribution >= 4 is 28.8 Å². The summed E-state index contributed by atoms with van der Waals surface area (Å²) in [4.78, 5) is 12.1. The SMILES string of the molecule is CCOC(=O)c1ccc2c(c1)n(CC)c(/C=C/Nc1ccccc1)[n+]2CC. The van der Waals surface area contributed by atoms with Crippen molar-refractivity contribution in [1.82, 2.24) is 4.57 Å². The number of hydrogen-bond acceptors (Lipinski definition) is 3. The van der Waals surface area contributed by atoms with E-state index < -0.39 is 0 Å². The van der Waals surface area contributed by atoms with Crippen molar-refractivity contribution in [2.24, 2.45) is 0 Å². The number of aryl methyl sites for hydroxylation is 2. The quantitative estimate of drug-likeness (QED) is 0.504. The van der Waals surface area contributed by atoms with E-state index in [1.807, 2.05) is 61.7 Å². The topological polar surface area (TPSA) is 47.1 Å². The lowest BCUT2D eigenvalue weighted by Crippen LogP contribution is -2.35. The van der Waals surface area contributed by atoms with Crippen LogP contribution in [-0.4, -0.2) is 17.1 Å². The van der Waals surface area contributed by atoms with Crippen LogP contribution >= 0.6 is 0 Å². The van der Waals surface area contributed by atoms with E-state index in [2.05, 4.69) is 34.4 Å². The average molecular weight is 364 g/mol. The lowest BCUT2D eigenvalue weighted by molar-refractivity contribution is -0.670. The Labute approximate surface area is 159 Å². The first kappa shape index (κ1) is 18.7. The lowest BCUT2D eigenvalue weighted by atomic mass is 10.2. The molecule has 0 amide bonds. The van der Waals surface area contributed by atoms with Gasteiger partial charge in [-0.2, -0.15) is 0 Å². The maximum atomic E-state index is 12.1. The van der Waals surface area contributed by atoms with E-state index in [4.69, 9.17) is 4.74 Å². The molecular weight excluding hydrogens is 338 g/mol. The molecule has 1 aromatic heterocycles. The molecule has 0 aliphatic rings. The van der Waals surface area contributed by atoms with Gasteiger partial charge in [0.1, 0.15) is 0 Å². The van der Waals surface area contributed by atoms with Gasteiger partial charge in [-0.05, 0) is 45.0 Å². The third-order valence-electron chi connectivity index (χ3n) is 4.51. The molecule has 1 heterocycles. The number of hydrogen-bond donors (Lipinski definition) is 1. The number of imidazole rings is 1. The van der Waals surface area contributed by atoms with Gasteiger partial charge >= 0.3 is 5.97 Å². The van der Waals surface area contributed by atoms with E-state index in [9.17, 15) is 4.79 Å². The number of para-hydroxylation sites is 1. The van der Waals surface area contributed by atoms with Crippen molar-refractivity contribution in [2.45, 2.75) is 33.9 Å². The molecule has 0 spiro atoms. The van der Waals surface area contributed by atoms with E-state index in [1.165, 1.54) is 0 Å². The number of nitrogens with zero attached hydrogens (tertiary/aromatic N) is 2. The summed E-state index contributed by atoms with van der Waals surface area (Å²) in [6.45, 7) is 8.08. The van der Waals surface area contributed by atoms with Crippen molar-refractivity contribution in [3.8, 4) is 0 Å². The predicted molar refractivity (Wildman–Crippen MR) is 109 cm³/mol. The van der Waals surface area contributed by atoms with Crippen molar-refractivity contribution in [2.75, 3.05) is 11.9 Å². The summed E-state index contributed by atoms with van der Waals surface area (Å²) < 4.78 is 9.61. The first-order valence-electron chi connectivity index (χ1n) is 9.40. The highest BCUT2D eigenvalue weighted by Gasteiger charge is 2.22. The smallest absolute Gasteiger partial charge is 0.338 e. The van der Waals surface area contributed by atoms with Crippen LogP contribution in [0.15, 0.2) is 54.7 Å². The fourth-order valence-corrected chi connectivity index (χ4v) is 3.29. The Hall–Kier alpha value is -3.08. The maximum absolute atomic E-state index is 12.1. The maximum Gasteiger partial charge on any atom is 0.338 e. The Bertz CT molecular complexity index is 959. The van der Waals surface area contributed by atoms with Gasteiger partial charge in [-0.3, -0.25) is 0 Å². The largest absolute Gasteiger partial charge is 0.462 e. The zero-order valence-electron chi connectivity index (χ0n) is 16.1. The van der Waals surface area contributed by atoms with Gasteiger partial charge in [-0.15, -0.1) is 0 Å². The number of esters is 1. The molecule has 3 rings (SSSR count). The Morgan fingerprint density at radius 1 is 1.15 bits per heavy atom. The number of ether oxygens (including phenoxy) is 1. The molecule has 0 bridgehead atoms. The van der Waals surface area contributed by atoms with Crippen molar-refractivity contribution < 1.29 is 14.1 Å². The van der Waals surface area contributed by atoms with E-state index in [0.717, 1.165) is 35.6 Å². The van der Waals surface area contributed by atoms with E-state index >= 15 is 0 Å². The molecule has 3 aromatic rings. The third-order valence-corrected chi connectivity index (χ3v) is 4.51. The molecule has 0 aliphatic heterocycles. The summed E-state index contributed by atoms with van der Waals surface area (Å²) in [5, 5.41) is 3.31. The molecule has 27 heavy (non-hydrogen) atoms. The van der Waals surface area contributed by atoms with Crippen LogP contribution in [0.5, 0.6) is 0 Å². The number of carbonyl (C=O) groups is 1. The van der Waals surface area contributed by atoms with Crippen LogP contribution < -0.4 is 9.88 Å². The van der Waals surface area contributed by atoms with Crippen LogP contribution in [0.3, 0.4) is 0 Å². The molecule has 2 aromatic carbocycles. The minimum absolute atomic E-state index is 0.283. The molecule has 5 heteroatoms. The molecule has 0 radical (unpaired) electrons. The van der Waals surface area contributed by atoms with Gasteiger partial charge in [0.2, 0.25) is 0 Å². The van der Waals surface area contributed by atoms with Gasteiger partial charge in [0, 0.05) is 24.0 Å². The Morgan fingerprint density at radius 2 is 1.93 bits per heavy atom. The number of aromatic nitrogens is 2. The summed E-state index contributed by atoms with van der Waals surface area (Å²) in [5.41, 5.74) is 3.76. The molecule has 0 fully saturated rings. The monoisotopic (exact) mass is 364 g/mol. The zero-order valence-corrected chi connectivity index (χ0v) is 16.1. The number of carbonyl (C=O) groups excluding carboxylic acids is 1. The fraction of sp³-hybridized carbons (Fsp3) is 0.273. The van der Waals surface area contributed by atoms with Crippen LogP contribution in [0, 0.1) is 0 Å². The number of fused-ring (bicyclic) bond motifs is 1. The molecule has 0 saturated carbocycles. The van der Waals surface area contributed by atoms with Gasteiger partial charge in [0.05, 0.1) is 25.3 Å². The van der Waals surface area contributed by atoms with Crippen LogP contribution in [0.2, 0.25) is 0 Å². The molecule has 0 saturated heterocycles. The molecule has 0 unspecified atom stereocenters. The van der Waals surface area contributed by atoms with Crippen LogP contribution in [-0.2, 0) is 17.8 Å². The molecular formula is C22H26N3O2+. The first-order valence-corrected chi connectivity index (χ1v) is 9.40. The number of anilines is 1. The van der Waals surface area contributed by atoms with E-state index in [0.29, 0.717) is 12.2 Å². The summed E-state index contributed by atoms with van der Waals surface area (Å²) >= 11 is 0. The standard InChI is InChI=1S/C22H25N3O2/c1-4-24-19-13-12-17(22(26)27-6-3)16-20(19)25(5-2)21(24)14-15-23-18-10-8-7-9-11-18/h7-16H,4-6H2,1-3H3/p+1. The minimum atomic E-state index is -0.283. The Balaban J connectivity index is 2.01. The van der Waals surface area contributed by atoms with Crippen molar-refractivity contribution in [1.29, 1.82) is 0 Å². The highest BCUT2D eigenvalue weighted by atomic mass is 16.5. The van der Waals surface area contributed by atoms with Gasteiger partial charge < -0.3 is 10.1 Å². The molecule has 140 valence electrons. The first-order chi connectivity index (χ1) is 13.2. The van der Waals surface area contributed by atoms with Gasteiger partial charge in [0.25, 0.3) is 5.82 Å². The second kappa shape index (κ2) is 8.54. The second-order valence-corrected chi connectivity index (χ2v) is 6.11. The van der Waals surface area contributed by atoms with Gasteiger partial charge in [0.15, 0.2) is 11.0 Å². The van der Waals surface area contributed by atoms with Crippen molar-refractivity contribution in [3.05, 3.63) is 66.1 Å². The highest BCUT2D eigenvalue weighted by Crippen LogP contribution is 2.19. The average Bonchev–Trinajstić information content (AvgIpc) is 3.00. The fourth-order valence-electron chi connectivity index (χ4n) is 3.29. The molecule has 0 atom stereocenters. The molecule has 5 nitrogen and oxygen atoms in total. The van der Waals surface area contributed by atoms with Crippen molar-refractivity contribution in [3.63, 3.8) is 0 Å². The summed E-state index contributed by atoms with van der Waals surface area (Å²) in [5.74, 6) is 0.800. The summed E-state index contributed by atoms with van der Waals surface area (Å²) in [6, 6.07) is 15.8. The molecule has 0 aliphatic carbocycles. The normalized spacial score (nSPS) is 11.2. The number of nitrogens with one attached hydrogen (secondary N) is 1. The van der Waals surface area contributed by atoms with Crippen LogP contribution in [0.1, 0.15) is 37.0 Å². The number of benzene rings is 2.